The maximum absolute atomic E-state index is 5.63. The number of anilines is 1. The number of ether oxygens (including phenoxy) is 1. The molecule has 0 spiro atoms. The zero-order chi connectivity index (χ0) is 12.1. The van der Waals surface area contributed by atoms with Gasteiger partial charge in [0, 0.05) is 26.7 Å². The molecule has 2 aromatic rings. The maximum atomic E-state index is 5.63. The van der Waals surface area contributed by atoms with Crippen molar-refractivity contribution in [2.24, 2.45) is 5.73 Å². The number of fused-ring (bicyclic) bond motifs is 1. The third kappa shape index (κ3) is 2.94. The molecule has 1 aromatic heterocycles. The largest absolute Gasteiger partial charge is 0.383 e. The highest BCUT2D eigenvalue weighted by atomic mass is 32.1. The minimum absolute atomic E-state index is 0.625. The van der Waals surface area contributed by atoms with Crippen LogP contribution < -0.4 is 10.6 Å². The van der Waals surface area contributed by atoms with Crippen LogP contribution in [0, 0.1) is 0 Å². The molecule has 0 aliphatic carbocycles. The molecule has 0 aliphatic heterocycles. The number of nitrogens with two attached hydrogens (primary N) is 1. The van der Waals surface area contributed by atoms with Gasteiger partial charge in [-0.25, -0.2) is 4.98 Å². The molecule has 4 nitrogen and oxygen atoms in total. The molecule has 0 aliphatic rings. The SMILES string of the molecule is COCCN(CCN)c1nc2ccccc2s1. The quantitative estimate of drug-likeness (QED) is 0.849. The second kappa shape index (κ2) is 5.95. The molecule has 0 saturated heterocycles. The van der Waals surface area contributed by atoms with Crippen molar-refractivity contribution in [1.82, 2.24) is 4.98 Å². The molecule has 5 heteroatoms. The lowest BCUT2D eigenvalue weighted by molar-refractivity contribution is 0.205. The molecular weight excluding hydrogens is 234 g/mol. The average Bonchev–Trinajstić information content (AvgIpc) is 2.78. The fourth-order valence-electron chi connectivity index (χ4n) is 1.66. The Morgan fingerprint density at radius 1 is 1.35 bits per heavy atom. The van der Waals surface area contributed by atoms with Crippen molar-refractivity contribution in [1.29, 1.82) is 0 Å². The molecule has 17 heavy (non-hydrogen) atoms. The first-order chi connectivity index (χ1) is 8.35. The van der Waals surface area contributed by atoms with Crippen molar-refractivity contribution >= 4 is 26.7 Å². The van der Waals surface area contributed by atoms with Crippen LogP contribution in [0.2, 0.25) is 0 Å². The monoisotopic (exact) mass is 251 g/mol. The molecule has 0 atom stereocenters. The lowest BCUT2D eigenvalue weighted by Gasteiger charge is -2.20. The number of hydrogen-bond acceptors (Lipinski definition) is 5. The Kier molecular flexibility index (Phi) is 4.30. The second-order valence-corrected chi connectivity index (χ2v) is 4.74. The molecule has 0 amide bonds. The van der Waals surface area contributed by atoms with Gasteiger partial charge in [0.1, 0.15) is 0 Å². The van der Waals surface area contributed by atoms with E-state index >= 15 is 0 Å². The number of para-hydroxylation sites is 1. The first-order valence-electron chi connectivity index (χ1n) is 5.64. The molecule has 0 unspecified atom stereocenters. The van der Waals surface area contributed by atoms with Crippen LogP contribution in [0.25, 0.3) is 10.2 Å². The Balaban J connectivity index is 2.21. The van der Waals surface area contributed by atoms with Gasteiger partial charge in [0.05, 0.1) is 16.8 Å². The van der Waals surface area contributed by atoms with Crippen LogP contribution in [0.4, 0.5) is 5.13 Å². The second-order valence-electron chi connectivity index (χ2n) is 3.73. The van der Waals surface area contributed by atoms with E-state index in [2.05, 4.69) is 16.0 Å². The number of nitrogens with zero attached hydrogens (tertiary/aromatic N) is 2. The highest BCUT2D eigenvalue weighted by Crippen LogP contribution is 2.28. The molecule has 2 N–H and O–H groups in total. The summed E-state index contributed by atoms with van der Waals surface area (Å²) in [5.74, 6) is 0. The van der Waals surface area contributed by atoms with Crippen molar-refractivity contribution in [2.75, 3.05) is 38.3 Å². The summed E-state index contributed by atoms with van der Waals surface area (Å²) in [6.07, 6.45) is 0. The third-order valence-corrected chi connectivity index (χ3v) is 3.61. The van der Waals surface area contributed by atoms with Gasteiger partial charge in [-0.2, -0.15) is 0 Å². The minimum Gasteiger partial charge on any atom is -0.383 e. The Bertz CT molecular complexity index is 438. The van der Waals surface area contributed by atoms with E-state index < -0.39 is 0 Å². The number of methoxy groups -OCH3 is 1. The number of aromatic nitrogens is 1. The van der Waals surface area contributed by atoms with Crippen LogP contribution in [0.1, 0.15) is 0 Å². The van der Waals surface area contributed by atoms with E-state index in [9.17, 15) is 0 Å². The number of rotatable bonds is 6. The minimum atomic E-state index is 0.625. The van der Waals surface area contributed by atoms with E-state index in [0.717, 1.165) is 23.7 Å². The number of hydrogen-bond donors (Lipinski definition) is 1. The maximum Gasteiger partial charge on any atom is 0.186 e. The summed E-state index contributed by atoms with van der Waals surface area (Å²) in [6, 6.07) is 8.17. The summed E-state index contributed by atoms with van der Waals surface area (Å²) < 4.78 is 6.32. The van der Waals surface area contributed by atoms with Crippen LogP contribution in [0.3, 0.4) is 0 Å². The Hall–Kier alpha value is -1.17. The van der Waals surface area contributed by atoms with Gasteiger partial charge in [-0.15, -0.1) is 0 Å². The summed E-state index contributed by atoms with van der Waals surface area (Å²) in [4.78, 5) is 6.79. The summed E-state index contributed by atoms with van der Waals surface area (Å²) in [7, 11) is 1.71. The third-order valence-electron chi connectivity index (χ3n) is 2.52. The molecular formula is C12H17N3OS. The first kappa shape index (κ1) is 12.3. The lowest BCUT2D eigenvalue weighted by atomic mass is 10.3. The van der Waals surface area contributed by atoms with Crippen LogP contribution in [-0.2, 0) is 4.74 Å². The molecule has 0 bridgehead atoms. The van der Waals surface area contributed by atoms with E-state index in [4.69, 9.17) is 10.5 Å². The van der Waals surface area contributed by atoms with Gasteiger partial charge in [-0.05, 0) is 12.1 Å². The summed E-state index contributed by atoms with van der Waals surface area (Å²) in [6.45, 7) is 2.95. The van der Waals surface area contributed by atoms with Gasteiger partial charge in [-0.3, -0.25) is 0 Å². The Morgan fingerprint density at radius 3 is 2.88 bits per heavy atom. The van der Waals surface area contributed by atoms with Crippen LogP contribution >= 0.6 is 11.3 Å². The molecule has 2 rings (SSSR count). The van der Waals surface area contributed by atoms with Crippen LogP contribution in [0.5, 0.6) is 0 Å². The molecule has 1 heterocycles. The molecule has 0 radical (unpaired) electrons. The van der Waals surface area contributed by atoms with Crippen LogP contribution in [-0.4, -0.2) is 38.3 Å². The fourth-order valence-corrected chi connectivity index (χ4v) is 2.67. The fraction of sp³-hybridized carbons (Fsp3) is 0.417. The molecule has 0 saturated carbocycles. The van der Waals surface area contributed by atoms with Gasteiger partial charge in [-0.1, -0.05) is 23.5 Å². The van der Waals surface area contributed by atoms with Crippen molar-refractivity contribution in [2.45, 2.75) is 0 Å². The van der Waals surface area contributed by atoms with Crippen molar-refractivity contribution in [3.05, 3.63) is 24.3 Å². The highest BCUT2D eigenvalue weighted by molar-refractivity contribution is 7.22. The Morgan fingerprint density at radius 2 is 2.18 bits per heavy atom. The van der Waals surface area contributed by atoms with E-state index in [-0.39, 0.29) is 0 Å². The van der Waals surface area contributed by atoms with Gasteiger partial charge in [0.25, 0.3) is 0 Å². The Labute approximate surface area is 105 Å². The number of thiazole rings is 1. The highest BCUT2D eigenvalue weighted by Gasteiger charge is 2.10. The van der Waals surface area contributed by atoms with Crippen molar-refractivity contribution in [3.8, 4) is 0 Å². The average molecular weight is 251 g/mol. The zero-order valence-electron chi connectivity index (χ0n) is 9.93. The lowest BCUT2D eigenvalue weighted by Crippen LogP contribution is -2.32. The van der Waals surface area contributed by atoms with E-state index in [1.54, 1.807) is 18.4 Å². The smallest absolute Gasteiger partial charge is 0.186 e. The van der Waals surface area contributed by atoms with E-state index in [1.165, 1.54) is 4.70 Å². The topological polar surface area (TPSA) is 51.4 Å². The predicted octanol–water partition coefficient (Wildman–Crippen LogP) is 1.71. The van der Waals surface area contributed by atoms with Crippen LogP contribution in [0.15, 0.2) is 24.3 Å². The van der Waals surface area contributed by atoms with Gasteiger partial charge >= 0.3 is 0 Å². The standard InChI is InChI=1S/C12H17N3OS/c1-16-9-8-15(7-6-13)12-14-10-4-2-3-5-11(10)17-12/h2-5H,6-9,13H2,1H3. The molecule has 1 aromatic carbocycles. The summed E-state index contributed by atoms with van der Waals surface area (Å²) in [5.41, 5.74) is 6.68. The number of benzene rings is 1. The van der Waals surface area contributed by atoms with Gasteiger partial charge < -0.3 is 15.4 Å². The van der Waals surface area contributed by atoms with Gasteiger partial charge in [0.15, 0.2) is 5.13 Å². The van der Waals surface area contributed by atoms with E-state index in [1.807, 2.05) is 18.2 Å². The first-order valence-corrected chi connectivity index (χ1v) is 6.46. The summed E-state index contributed by atoms with van der Waals surface area (Å²) in [5, 5.41) is 1.02. The van der Waals surface area contributed by atoms with Crippen molar-refractivity contribution in [3.63, 3.8) is 0 Å². The van der Waals surface area contributed by atoms with Crippen molar-refractivity contribution < 1.29 is 4.74 Å². The molecule has 0 fully saturated rings. The summed E-state index contributed by atoms with van der Waals surface area (Å²) >= 11 is 1.70. The predicted molar refractivity (Wildman–Crippen MR) is 72.8 cm³/mol. The van der Waals surface area contributed by atoms with E-state index in [0.29, 0.717) is 13.2 Å². The van der Waals surface area contributed by atoms with Gasteiger partial charge in [0.2, 0.25) is 0 Å². The molecule has 92 valence electrons. The normalized spacial score (nSPS) is 10.9. The zero-order valence-corrected chi connectivity index (χ0v) is 10.7.